The number of carbonyl (C=O) groups is 1. The van der Waals surface area contributed by atoms with E-state index in [4.69, 9.17) is 0 Å². The number of nitrogens with zero attached hydrogens (tertiary/aromatic N) is 3. The van der Waals surface area contributed by atoms with Crippen molar-refractivity contribution in [3.05, 3.63) is 88.3 Å². The number of carbonyl (C=O) groups excluding carboxylic acids is 1. The van der Waals surface area contributed by atoms with Crippen LogP contribution in [-0.2, 0) is 11.3 Å². The molecule has 2 aromatic heterocycles. The van der Waals surface area contributed by atoms with Crippen LogP contribution >= 0.6 is 0 Å². The Balaban J connectivity index is 1.27. The number of aromatic nitrogens is 3. The molecule has 2 aliphatic rings. The van der Waals surface area contributed by atoms with Gasteiger partial charge in [-0.3, -0.25) is 14.7 Å². The maximum atomic E-state index is 14.8. The molecule has 0 radical (unpaired) electrons. The van der Waals surface area contributed by atoms with E-state index in [9.17, 15) is 18.0 Å². The maximum Gasteiger partial charge on any atom is 0.261 e. The Hall–Kier alpha value is -3.98. The predicted molar refractivity (Wildman–Crippen MR) is 133 cm³/mol. The topological polar surface area (TPSA) is 73.9 Å². The fraction of sp³-hybridized carbons (Fsp3) is 0.222. The number of benzene rings is 1. The van der Waals surface area contributed by atoms with Crippen molar-refractivity contribution in [2.45, 2.75) is 25.3 Å². The van der Waals surface area contributed by atoms with Gasteiger partial charge in [0, 0.05) is 48.6 Å². The maximum absolute atomic E-state index is 14.8. The summed E-state index contributed by atoms with van der Waals surface area (Å²) in [5.41, 5.74) is 2.94. The van der Waals surface area contributed by atoms with Crippen LogP contribution in [0.25, 0.3) is 23.8 Å². The van der Waals surface area contributed by atoms with Gasteiger partial charge in [0.25, 0.3) is 5.92 Å². The number of hydrogen-bond acceptors (Lipinski definition) is 4. The van der Waals surface area contributed by atoms with Gasteiger partial charge in [0.05, 0.1) is 29.8 Å². The number of imidazole rings is 1. The summed E-state index contributed by atoms with van der Waals surface area (Å²) < 4.78 is 41.6. The largest absolute Gasteiger partial charge is 0.345 e. The number of amides is 1. The van der Waals surface area contributed by atoms with E-state index in [0.29, 0.717) is 41.9 Å². The first-order valence-corrected chi connectivity index (χ1v) is 11.6. The number of alkyl halides is 2. The lowest BCUT2D eigenvalue weighted by molar-refractivity contribution is -0.111. The zero-order valence-electron chi connectivity index (χ0n) is 19.3. The molecule has 0 saturated carbocycles. The molecular weight excluding hydrogens is 467 g/mol. The van der Waals surface area contributed by atoms with Crippen LogP contribution in [0.1, 0.15) is 29.5 Å². The molecule has 1 saturated heterocycles. The van der Waals surface area contributed by atoms with Gasteiger partial charge in [-0.1, -0.05) is 24.3 Å². The van der Waals surface area contributed by atoms with E-state index in [2.05, 4.69) is 20.3 Å². The van der Waals surface area contributed by atoms with Crippen LogP contribution in [0.5, 0.6) is 0 Å². The molecule has 36 heavy (non-hydrogen) atoms. The van der Waals surface area contributed by atoms with Crippen molar-refractivity contribution in [1.29, 1.82) is 0 Å². The second kappa shape index (κ2) is 9.94. The number of nitrogens with one attached hydrogen (secondary N) is 2. The number of aromatic amines is 1. The highest BCUT2D eigenvalue weighted by Crippen LogP contribution is 2.28. The summed E-state index contributed by atoms with van der Waals surface area (Å²) in [4.78, 5) is 25.5. The lowest BCUT2D eigenvalue weighted by atomic mass is 9.99. The van der Waals surface area contributed by atoms with Gasteiger partial charge in [-0.25, -0.2) is 18.2 Å². The summed E-state index contributed by atoms with van der Waals surface area (Å²) in [5, 5.41) is 4.35. The number of anilines is 1. The number of rotatable bonds is 6. The Kier molecular flexibility index (Phi) is 6.56. The minimum Gasteiger partial charge on any atom is -0.345 e. The van der Waals surface area contributed by atoms with Crippen molar-refractivity contribution in [1.82, 2.24) is 19.9 Å². The van der Waals surface area contributed by atoms with Crippen LogP contribution in [0.15, 0.2) is 55.1 Å². The first kappa shape index (κ1) is 23.7. The van der Waals surface area contributed by atoms with Gasteiger partial charge in [-0.15, -0.1) is 0 Å². The van der Waals surface area contributed by atoms with Crippen LogP contribution in [-0.4, -0.2) is 44.8 Å². The highest BCUT2D eigenvalue weighted by Gasteiger charge is 2.37. The van der Waals surface area contributed by atoms with Crippen molar-refractivity contribution in [2.24, 2.45) is 0 Å². The molecule has 1 aliphatic heterocycles. The number of pyridine rings is 1. The number of fused-ring (bicyclic) bond motifs is 1. The van der Waals surface area contributed by atoms with E-state index >= 15 is 0 Å². The smallest absolute Gasteiger partial charge is 0.261 e. The minimum absolute atomic E-state index is 0.117. The van der Waals surface area contributed by atoms with Crippen molar-refractivity contribution in [3.8, 4) is 0 Å². The lowest BCUT2D eigenvalue weighted by Gasteiger charge is -2.15. The fourth-order valence-electron chi connectivity index (χ4n) is 4.40. The number of hydrogen-bond donors (Lipinski definition) is 2. The van der Waals surface area contributed by atoms with Crippen LogP contribution in [0, 0.1) is 5.82 Å². The molecule has 0 spiro atoms. The number of likely N-dealkylation sites (tertiary alicyclic amines) is 1. The normalized spacial score (nSPS) is 17.1. The fourth-order valence-corrected chi connectivity index (χ4v) is 4.40. The first-order valence-electron chi connectivity index (χ1n) is 11.6. The van der Waals surface area contributed by atoms with E-state index < -0.39 is 11.7 Å². The van der Waals surface area contributed by atoms with Gasteiger partial charge in [0.2, 0.25) is 5.91 Å². The van der Waals surface area contributed by atoms with Crippen molar-refractivity contribution < 1.29 is 18.0 Å². The van der Waals surface area contributed by atoms with Crippen molar-refractivity contribution >= 4 is 35.4 Å². The Labute approximate surface area is 205 Å². The van der Waals surface area contributed by atoms with Gasteiger partial charge in [0.15, 0.2) is 0 Å². The molecule has 5 rings (SSSR count). The zero-order chi connectivity index (χ0) is 25.1. The van der Waals surface area contributed by atoms with E-state index in [1.54, 1.807) is 35.5 Å². The molecular formula is C27H24F3N5O. The summed E-state index contributed by atoms with van der Waals surface area (Å²) in [6, 6.07) is 7.07. The first-order chi connectivity index (χ1) is 17.4. The van der Waals surface area contributed by atoms with Gasteiger partial charge >= 0.3 is 0 Å². The monoisotopic (exact) mass is 491 g/mol. The summed E-state index contributed by atoms with van der Waals surface area (Å²) in [7, 11) is 0. The third kappa shape index (κ3) is 5.46. The molecule has 3 aromatic rings. The second-order valence-corrected chi connectivity index (χ2v) is 8.87. The van der Waals surface area contributed by atoms with Crippen LogP contribution < -0.4 is 16.0 Å². The van der Waals surface area contributed by atoms with E-state index in [-0.39, 0.29) is 18.9 Å². The molecule has 0 bridgehead atoms. The Morgan fingerprint density at radius 3 is 2.81 bits per heavy atom. The van der Waals surface area contributed by atoms with Crippen LogP contribution in [0.3, 0.4) is 0 Å². The molecule has 0 unspecified atom stereocenters. The third-order valence-electron chi connectivity index (χ3n) is 6.16. The van der Waals surface area contributed by atoms with Crippen molar-refractivity contribution in [2.75, 3.05) is 18.4 Å². The zero-order valence-corrected chi connectivity index (χ0v) is 19.3. The number of H-pyrrole nitrogens is 1. The Morgan fingerprint density at radius 2 is 2.03 bits per heavy atom. The highest BCUT2D eigenvalue weighted by atomic mass is 19.3. The highest BCUT2D eigenvalue weighted by molar-refractivity contribution is 6.02. The molecule has 3 heterocycles. The average molecular weight is 492 g/mol. The third-order valence-corrected chi connectivity index (χ3v) is 6.16. The minimum atomic E-state index is -2.62. The van der Waals surface area contributed by atoms with Crippen molar-refractivity contribution in [3.63, 3.8) is 0 Å². The number of allylic oxidation sites excluding steroid dienone is 2. The van der Waals surface area contributed by atoms with Crippen LogP contribution in [0.4, 0.5) is 18.9 Å². The molecule has 1 fully saturated rings. The van der Waals surface area contributed by atoms with Gasteiger partial charge in [-0.2, -0.15) is 0 Å². The average Bonchev–Trinajstić information content (AvgIpc) is 3.37. The summed E-state index contributed by atoms with van der Waals surface area (Å²) >= 11 is 0. The number of halogens is 3. The van der Waals surface area contributed by atoms with E-state index in [1.165, 1.54) is 18.3 Å². The summed E-state index contributed by atoms with van der Waals surface area (Å²) in [5.74, 6) is -3.50. The quantitative estimate of drug-likeness (QED) is 0.518. The SMILES string of the molecule is O=C(/C=C/c1cncc(F)c1C1=CCC=c2nc[nH]c2=C1)Nc1ccc(CN2CCC(F)(F)C2)cc1. The molecule has 184 valence electrons. The molecule has 0 atom stereocenters. The predicted octanol–water partition coefficient (Wildman–Crippen LogP) is 3.49. The Bertz CT molecular complexity index is 1460. The Morgan fingerprint density at radius 1 is 1.19 bits per heavy atom. The van der Waals surface area contributed by atoms with Gasteiger partial charge < -0.3 is 10.3 Å². The van der Waals surface area contributed by atoms with Gasteiger partial charge in [-0.05, 0) is 41.8 Å². The second-order valence-electron chi connectivity index (χ2n) is 8.87. The summed E-state index contributed by atoms with van der Waals surface area (Å²) in [6.45, 7) is 0.566. The molecule has 1 aromatic carbocycles. The lowest BCUT2D eigenvalue weighted by Crippen LogP contribution is -2.24. The molecule has 9 heteroatoms. The molecule has 1 amide bonds. The molecule has 6 nitrogen and oxygen atoms in total. The molecule has 2 N–H and O–H groups in total. The summed E-state index contributed by atoms with van der Waals surface area (Å²) in [6.07, 6.45) is 13.2. The van der Waals surface area contributed by atoms with E-state index in [0.717, 1.165) is 22.5 Å². The molecule has 1 aliphatic carbocycles. The van der Waals surface area contributed by atoms with E-state index in [1.807, 2.05) is 18.2 Å². The van der Waals surface area contributed by atoms with Crippen LogP contribution in [0.2, 0.25) is 0 Å². The standard InChI is InChI=1S/C27H24F3N5O/c28-22-14-31-13-20(26(22)19-2-1-3-23-24(12-19)33-17-32-23)6-9-25(36)34-21-7-4-18(5-8-21)15-35-11-10-27(29,30)16-35/h2-9,12-14,17H,1,10-11,15-16H2,(H,32,33)(H,34,36)/b9-6+. The van der Waals surface area contributed by atoms with Gasteiger partial charge in [0.1, 0.15) is 5.82 Å².